The van der Waals surface area contributed by atoms with Gasteiger partial charge in [-0.05, 0) is 19.9 Å². The molecular formula is C8H17NOS. The second-order valence-electron chi connectivity index (χ2n) is 2.40. The molecule has 0 aromatic heterocycles. The van der Waals surface area contributed by atoms with Crippen molar-refractivity contribution in [1.29, 1.82) is 0 Å². The zero-order valence-corrected chi connectivity index (χ0v) is 8.12. The molecule has 0 saturated heterocycles. The number of hydrogen-bond acceptors (Lipinski definition) is 2. The van der Waals surface area contributed by atoms with Crippen LogP contribution in [0.4, 0.5) is 0 Å². The molecule has 3 heteroatoms. The average Bonchev–Trinajstić information content (AvgIpc) is 1.96. The summed E-state index contributed by atoms with van der Waals surface area (Å²) in [6.45, 7) is 3.89. The molecule has 0 bridgehead atoms. The highest BCUT2D eigenvalue weighted by atomic mass is 32.2. The molecule has 0 fully saturated rings. The fourth-order valence-corrected chi connectivity index (χ4v) is 1.25. The summed E-state index contributed by atoms with van der Waals surface area (Å²) in [5, 5.41) is 3.22. The minimum absolute atomic E-state index is 0.631. The summed E-state index contributed by atoms with van der Waals surface area (Å²) in [6.07, 6.45) is 6.83. The van der Waals surface area contributed by atoms with Crippen LogP contribution in [-0.4, -0.2) is 29.3 Å². The van der Waals surface area contributed by atoms with Crippen molar-refractivity contribution >= 4 is 10.8 Å². The zero-order chi connectivity index (χ0) is 8.53. The molecule has 11 heavy (non-hydrogen) atoms. The molecule has 0 aromatic carbocycles. The van der Waals surface area contributed by atoms with Crippen LogP contribution < -0.4 is 5.32 Å². The molecule has 66 valence electrons. The molecule has 2 nitrogen and oxygen atoms in total. The van der Waals surface area contributed by atoms with E-state index in [1.807, 2.05) is 13.0 Å². The lowest BCUT2D eigenvalue weighted by Crippen LogP contribution is -2.16. The van der Waals surface area contributed by atoms with E-state index in [0.29, 0.717) is 0 Å². The maximum atomic E-state index is 10.6. The first-order chi connectivity index (χ1) is 5.27. The van der Waals surface area contributed by atoms with Crippen molar-refractivity contribution in [3.63, 3.8) is 0 Å². The Labute approximate surface area is 71.5 Å². The average molecular weight is 175 g/mol. The Balaban J connectivity index is 2.96. The van der Waals surface area contributed by atoms with Gasteiger partial charge in [-0.15, -0.1) is 0 Å². The Morgan fingerprint density at radius 3 is 2.82 bits per heavy atom. The molecule has 0 amide bonds. The van der Waals surface area contributed by atoms with Crippen molar-refractivity contribution in [3.8, 4) is 0 Å². The first-order valence-corrected chi connectivity index (χ1v) is 5.62. The van der Waals surface area contributed by atoms with Crippen LogP contribution in [0, 0.1) is 0 Å². The molecule has 0 aliphatic carbocycles. The van der Waals surface area contributed by atoms with Gasteiger partial charge in [0.15, 0.2) is 0 Å². The Bertz CT molecular complexity index is 134. The Morgan fingerprint density at radius 2 is 2.27 bits per heavy atom. The first kappa shape index (κ1) is 10.8. The van der Waals surface area contributed by atoms with Crippen LogP contribution in [0.3, 0.4) is 0 Å². The van der Waals surface area contributed by atoms with Crippen molar-refractivity contribution in [2.75, 3.05) is 25.1 Å². The molecule has 0 radical (unpaired) electrons. The quantitative estimate of drug-likeness (QED) is 0.480. The van der Waals surface area contributed by atoms with Gasteiger partial charge in [-0.1, -0.05) is 12.2 Å². The van der Waals surface area contributed by atoms with Gasteiger partial charge >= 0.3 is 0 Å². The minimum Gasteiger partial charge on any atom is -0.313 e. The van der Waals surface area contributed by atoms with E-state index in [0.717, 1.165) is 25.3 Å². The van der Waals surface area contributed by atoms with Crippen LogP contribution in [0.5, 0.6) is 0 Å². The maximum Gasteiger partial charge on any atom is 0.0244 e. The molecule has 0 spiro atoms. The third kappa shape index (κ3) is 9.85. The lowest BCUT2D eigenvalue weighted by molar-refractivity contribution is 0.677. The summed E-state index contributed by atoms with van der Waals surface area (Å²) in [6, 6.07) is 0. The second-order valence-corrected chi connectivity index (χ2v) is 3.96. The van der Waals surface area contributed by atoms with Crippen LogP contribution in [0.25, 0.3) is 0 Å². The number of allylic oxidation sites excluding steroid dienone is 1. The van der Waals surface area contributed by atoms with Gasteiger partial charge in [-0.2, -0.15) is 0 Å². The lowest BCUT2D eigenvalue weighted by atomic mass is 10.4. The van der Waals surface area contributed by atoms with Gasteiger partial charge < -0.3 is 5.32 Å². The van der Waals surface area contributed by atoms with Crippen LogP contribution in [0.15, 0.2) is 12.2 Å². The smallest absolute Gasteiger partial charge is 0.0244 e. The van der Waals surface area contributed by atoms with Crippen LogP contribution in [0.1, 0.15) is 13.3 Å². The van der Waals surface area contributed by atoms with E-state index in [4.69, 9.17) is 0 Å². The summed E-state index contributed by atoms with van der Waals surface area (Å²) in [4.78, 5) is 0. The van der Waals surface area contributed by atoms with Crippen molar-refractivity contribution in [1.82, 2.24) is 5.32 Å². The van der Waals surface area contributed by atoms with E-state index in [1.165, 1.54) is 0 Å². The predicted octanol–water partition coefficient (Wildman–Crippen LogP) is 0.921. The second kappa shape index (κ2) is 7.95. The molecule has 1 atom stereocenters. The fraction of sp³-hybridized carbons (Fsp3) is 0.750. The minimum atomic E-state index is -0.631. The van der Waals surface area contributed by atoms with E-state index < -0.39 is 10.8 Å². The molecule has 0 aliphatic rings. The Kier molecular flexibility index (Phi) is 7.84. The fourth-order valence-electron chi connectivity index (χ4n) is 0.704. The molecule has 0 aliphatic heterocycles. The van der Waals surface area contributed by atoms with Gasteiger partial charge in [0.05, 0.1) is 0 Å². The summed E-state index contributed by atoms with van der Waals surface area (Å²) in [7, 11) is -0.631. The van der Waals surface area contributed by atoms with Crippen LogP contribution in [0.2, 0.25) is 0 Å². The third-order valence-electron chi connectivity index (χ3n) is 1.28. The van der Waals surface area contributed by atoms with Crippen molar-refractivity contribution < 1.29 is 4.21 Å². The third-order valence-corrected chi connectivity index (χ3v) is 2.15. The topological polar surface area (TPSA) is 29.1 Å². The van der Waals surface area contributed by atoms with E-state index in [1.54, 1.807) is 6.26 Å². The highest BCUT2D eigenvalue weighted by Gasteiger charge is 1.89. The number of nitrogens with one attached hydrogen (secondary N) is 1. The summed E-state index contributed by atoms with van der Waals surface area (Å²) in [5.41, 5.74) is 0. The molecular weight excluding hydrogens is 158 g/mol. The zero-order valence-electron chi connectivity index (χ0n) is 7.30. The van der Waals surface area contributed by atoms with Gasteiger partial charge in [-0.25, -0.2) is 0 Å². The molecule has 0 rings (SSSR count). The van der Waals surface area contributed by atoms with Crippen molar-refractivity contribution in [2.45, 2.75) is 13.3 Å². The molecule has 0 saturated carbocycles. The van der Waals surface area contributed by atoms with E-state index in [2.05, 4.69) is 11.4 Å². The van der Waals surface area contributed by atoms with Crippen LogP contribution in [-0.2, 0) is 10.8 Å². The van der Waals surface area contributed by atoms with E-state index >= 15 is 0 Å². The molecule has 1 N–H and O–H groups in total. The van der Waals surface area contributed by atoms with Crippen LogP contribution >= 0.6 is 0 Å². The number of hydrogen-bond donors (Lipinski definition) is 1. The van der Waals surface area contributed by atoms with Gasteiger partial charge in [0.1, 0.15) is 0 Å². The Morgan fingerprint density at radius 1 is 1.55 bits per heavy atom. The normalized spacial score (nSPS) is 14.0. The SMILES string of the molecule is C/C=C/CNCCCS(C)=O. The largest absolute Gasteiger partial charge is 0.313 e. The van der Waals surface area contributed by atoms with Crippen molar-refractivity contribution in [2.24, 2.45) is 0 Å². The van der Waals surface area contributed by atoms with Gasteiger partial charge in [0.25, 0.3) is 0 Å². The van der Waals surface area contributed by atoms with E-state index in [-0.39, 0.29) is 0 Å². The van der Waals surface area contributed by atoms with Gasteiger partial charge in [-0.3, -0.25) is 4.21 Å². The lowest BCUT2D eigenvalue weighted by Gasteiger charge is -1.98. The molecule has 1 unspecified atom stereocenters. The van der Waals surface area contributed by atoms with Gasteiger partial charge in [0, 0.05) is 29.4 Å². The molecule has 0 aromatic rings. The van der Waals surface area contributed by atoms with Crippen molar-refractivity contribution in [3.05, 3.63) is 12.2 Å². The highest BCUT2D eigenvalue weighted by Crippen LogP contribution is 1.81. The monoisotopic (exact) mass is 175 g/mol. The first-order valence-electron chi connectivity index (χ1n) is 3.89. The standard InChI is InChI=1S/C8H17NOS/c1-3-4-6-9-7-5-8-11(2)10/h3-4,9H,5-8H2,1-2H3/b4-3+. The molecule has 0 heterocycles. The maximum absolute atomic E-state index is 10.6. The predicted molar refractivity (Wildman–Crippen MR) is 51.2 cm³/mol. The Hall–Kier alpha value is -0.150. The highest BCUT2D eigenvalue weighted by molar-refractivity contribution is 7.84. The summed E-state index contributed by atoms with van der Waals surface area (Å²) >= 11 is 0. The summed E-state index contributed by atoms with van der Waals surface area (Å²) < 4.78 is 10.6. The summed E-state index contributed by atoms with van der Waals surface area (Å²) in [5.74, 6) is 0.808. The van der Waals surface area contributed by atoms with Gasteiger partial charge in [0.2, 0.25) is 0 Å². The van der Waals surface area contributed by atoms with E-state index in [9.17, 15) is 4.21 Å². The number of rotatable bonds is 6.